The second kappa shape index (κ2) is 5.89. The summed E-state index contributed by atoms with van der Waals surface area (Å²) >= 11 is 0. The summed E-state index contributed by atoms with van der Waals surface area (Å²) in [6.07, 6.45) is 1.58. The summed E-state index contributed by atoms with van der Waals surface area (Å²) in [5.74, 6) is 0.156. The molecule has 0 aliphatic carbocycles. The zero-order valence-corrected chi connectivity index (χ0v) is 11.8. The van der Waals surface area contributed by atoms with Crippen molar-refractivity contribution < 1.29 is 23.1 Å². The molecule has 0 N–H and O–H groups in total. The highest BCUT2D eigenvalue weighted by molar-refractivity contribution is 5.87. The van der Waals surface area contributed by atoms with Gasteiger partial charge >= 0.3 is 5.97 Å². The standard InChI is InChI=1S/C17H13FO4/c1-20-14-6-7-16-15(9-14)11(10-21-16)8-17(19)22-13-4-2-12(18)3-5-13/h2-7,9-10H,8H2,1H3. The number of hydrogen-bond donors (Lipinski definition) is 0. The first kappa shape index (κ1) is 14.1. The molecule has 5 heteroatoms. The quantitative estimate of drug-likeness (QED) is 0.544. The van der Waals surface area contributed by atoms with Crippen LogP contribution in [0.3, 0.4) is 0 Å². The lowest BCUT2D eigenvalue weighted by Gasteiger charge is -2.04. The Balaban J connectivity index is 1.77. The van der Waals surface area contributed by atoms with Gasteiger partial charge in [-0.15, -0.1) is 0 Å². The zero-order valence-electron chi connectivity index (χ0n) is 11.8. The van der Waals surface area contributed by atoms with Gasteiger partial charge in [-0.1, -0.05) is 0 Å². The number of carbonyl (C=O) groups excluding carboxylic acids is 1. The minimum Gasteiger partial charge on any atom is -0.497 e. The van der Waals surface area contributed by atoms with Gasteiger partial charge in [0, 0.05) is 10.9 Å². The molecular weight excluding hydrogens is 287 g/mol. The van der Waals surface area contributed by atoms with Crippen molar-refractivity contribution >= 4 is 16.9 Å². The highest BCUT2D eigenvalue weighted by Crippen LogP contribution is 2.26. The highest BCUT2D eigenvalue weighted by Gasteiger charge is 2.13. The molecule has 0 bridgehead atoms. The van der Waals surface area contributed by atoms with Crippen LogP contribution in [0.2, 0.25) is 0 Å². The summed E-state index contributed by atoms with van der Waals surface area (Å²) in [7, 11) is 1.57. The fraction of sp³-hybridized carbons (Fsp3) is 0.118. The SMILES string of the molecule is COc1ccc2occ(CC(=O)Oc3ccc(F)cc3)c2c1. The molecule has 22 heavy (non-hydrogen) atoms. The lowest BCUT2D eigenvalue weighted by Crippen LogP contribution is -2.10. The van der Waals surface area contributed by atoms with Gasteiger partial charge in [0.1, 0.15) is 22.9 Å². The summed E-state index contributed by atoms with van der Waals surface area (Å²) in [6, 6.07) is 10.7. The molecule has 0 fully saturated rings. The number of furan rings is 1. The van der Waals surface area contributed by atoms with E-state index in [1.54, 1.807) is 25.3 Å². The Morgan fingerprint density at radius 3 is 2.59 bits per heavy atom. The molecular formula is C17H13FO4. The Bertz CT molecular complexity index is 805. The molecule has 4 nitrogen and oxygen atoms in total. The van der Waals surface area contributed by atoms with E-state index in [0.717, 1.165) is 5.39 Å². The molecule has 0 saturated heterocycles. The van der Waals surface area contributed by atoms with Crippen LogP contribution >= 0.6 is 0 Å². The van der Waals surface area contributed by atoms with Crippen LogP contribution in [0.4, 0.5) is 4.39 Å². The van der Waals surface area contributed by atoms with E-state index in [2.05, 4.69) is 0 Å². The number of benzene rings is 2. The van der Waals surface area contributed by atoms with Gasteiger partial charge in [0.15, 0.2) is 0 Å². The van der Waals surface area contributed by atoms with E-state index < -0.39 is 5.97 Å². The predicted octanol–water partition coefficient (Wildman–Crippen LogP) is 3.73. The molecule has 0 amide bonds. The Morgan fingerprint density at radius 2 is 1.86 bits per heavy atom. The van der Waals surface area contributed by atoms with E-state index in [-0.39, 0.29) is 12.2 Å². The molecule has 2 aromatic carbocycles. The Labute approximate surface area is 126 Å². The maximum Gasteiger partial charge on any atom is 0.315 e. The van der Waals surface area contributed by atoms with Crippen molar-refractivity contribution in [3.05, 3.63) is 60.1 Å². The summed E-state index contributed by atoms with van der Waals surface area (Å²) < 4.78 is 28.5. The van der Waals surface area contributed by atoms with Crippen LogP contribution in [-0.4, -0.2) is 13.1 Å². The Morgan fingerprint density at radius 1 is 1.14 bits per heavy atom. The minimum absolute atomic E-state index is 0.0531. The molecule has 3 aromatic rings. The van der Waals surface area contributed by atoms with Crippen LogP contribution in [0.5, 0.6) is 11.5 Å². The number of hydrogen-bond acceptors (Lipinski definition) is 4. The van der Waals surface area contributed by atoms with E-state index >= 15 is 0 Å². The number of methoxy groups -OCH3 is 1. The lowest BCUT2D eigenvalue weighted by atomic mass is 10.1. The fourth-order valence-electron chi connectivity index (χ4n) is 2.15. The second-order valence-electron chi connectivity index (χ2n) is 4.73. The lowest BCUT2D eigenvalue weighted by molar-refractivity contribution is -0.133. The van der Waals surface area contributed by atoms with Crippen LogP contribution < -0.4 is 9.47 Å². The molecule has 112 valence electrons. The molecule has 0 unspecified atom stereocenters. The summed E-state index contributed by atoms with van der Waals surface area (Å²) in [6.45, 7) is 0. The summed E-state index contributed by atoms with van der Waals surface area (Å²) in [5, 5.41) is 0.801. The van der Waals surface area contributed by atoms with Crippen molar-refractivity contribution in [3.8, 4) is 11.5 Å². The third-order valence-corrected chi connectivity index (χ3v) is 3.24. The average Bonchev–Trinajstić information content (AvgIpc) is 2.91. The van der Waals surface area contributed by atoms with E-state index in [1.807, 2.05) is 0 Å². The molecule has 0 atom stereocenters. The van der Waals surface area contributed by atoms with Gasteiger partial charge in [-0.2, -0.15) is 0 Å². The molecule has 0 radical (unpaired) electrons. The fourth-order valence-corrected chi connectivity index (χ4v) is 2.15. The normalized spacial score (nSPS) is 10.6. The average molecular weight is 300 g/mol. The molecule has 0 spiro atoms. The molecule has 0 aliphatic heterocycles. The number of rotatable bonds is 4. The maximum atomic E-state index is 12.8. The Kier molecular flexibility index (Phi) is 3.78. The van der Waals surface area contributed by atoms with E-state index in [0.29, 0.717) is 22.6 Å². The van der Waals surface area contributed by atoms with Crippen molar-refractivity contribution in [2.24, 2.45) is 0 Å². The minimum atomic E-state index is -0.447. The van der Waals surface area contributed by atoms with Crippen molar-refractivity contribution in [1.29, 1.82) is 0 Å². The molecule has 3 rings (SSSR count). The Hall–Kier alpha value is -2.82. The van der Waals surface area contributed by atoms with Crippen LogP contribution in [0.15, 0.2) is 53.1 Å². The van der Waals surface area contributed by atoms with Gasteiger partial charge < -0.3 is 13.9 Å². The van der Waals surface area contributed by atoms with Crippen LogP contribution in [-0.2, 0) is 11.2 Å². The second-order valence-corrected chi connectivity index (χ2v) is 4.73. The molecule has 1 heterocycles. The third kappa shape index (κ3) is 2.93. The van der Waals surface area contributed by atoms with E-state index in [4.69, 9.17) is 13.9 Å². The van der Waals surface area contributed by atoms with Crippen LogP contribution in [0, 0.1) is 5.82 Å². The number of ether oxygens (including phenoxy) is 2. The van der Waals surface area contributed by atoms with Gasteiger partial charge in [0.2, 0.25) is 0 Å². The van der Waals surface area contributed by atoms with Gasteiger partial charge in [-0.3, -0.25) is 4.79 Å². The first-order chi connectivity index (χ1) is 10.7. The number of fused-ring (bicyclic) bond motifs is 1. The topological polar surface area (TPSA) is 48.7 Å². The van der Waals surface area contributed by atoms with Gasteiger partial charge in [0.25, 0.3) is 0 Å². The van der Waals surface area contributed by atoms with Crippen LogP contribution in [0.25, 0.3) is 11.0 Å². The molecule has 1 aromatic heterocycles. The first-order valence-corrected chi connectivity index (χ1v) is 6.66. The zero-order chi connectivity index (χ0) is 15.5. The monoisotopic (exact) mass is 300 g/mol. The van der Waals surface area contributed by atoms with Crippen molar-refractivity contribution in [2.75, 3.05) is 7.11 Å². The van der Waals surface area contributed by atoms with Gasteiger partial charge in [-0.05, 0) is 42.5 Å². The van der Waals surface area contributed by atoms with Gasteiger partial charge in [0.05, 0.1) is 19.8 Å². The summed E-state index contributed by atoms with van der Waals surface area (Å²) in [5.41, 5.74) is 1.38. The van der Waals surface area contributed by atoms with Crippen molar-refractivity contribution in [1.82, 2.24) is 0 Å². The van der Waals surface area contributed by atoms with Gasteiger partial charge in [-0.25, -0.2) is 4.39 Å². The third-order valence-electron chi connectivity index (χ3n) is 3.24. The van der Waals surface area contributed by atoms with Crippen molar-refractivity contribution in [2.45, 2.75) is 6.42 Å². The molecule has 0 aliphatic rings. The largest absolute Gasteiger partial charge is 0.497 e. The number of esters is 1. The smallest absolute Gasteiger partial charge is 0.315 e. The predicted molar refractivity (Wildman–Crippen MR) is 78.5 cm³/mol. The van der Waals surface area contributed by atoms with E-state index in [1.165, 1.54) is 30.5 Å². The molecule has 0 saturated carbocycles. The first-order valence-electron chi connectivity index (χ1n) is 6.66. The maximum absolute atomic E-state index is 12.8. The number of halogens is 1. The number of carbonyl (C=O) groups is 1. The summed E-state index contributed by atoms with van der Waals surface area (Å²) in [4.78, 5) is 12.0. The highest BCUT2D eigenvalue weighted by atomic mass is 19.1. The van der Waals surface area contributed by atoms with Crippen molar-refractivity contribution in [3.63, 3.8) is 0 Å². The van der Waals surface area contributed by atoms with Crippen LogP contribution in [0.1, 0.15) is 5.56 Å². The van der Waals surface area contributed by atoms with E-state index in [9.17, 15) is 9.18 Å².